The molecule has 16 heavy (non-hydrogen) atoms. The molecule has 0 bridgehead atoms. The van der Waals surface area contributed by atoms with E-state index in [4.69, 9.17) is 4.74 Å². The molecule has 1 rings (SSSR count). The highest BCUT2D eigenvalue weighted by Crippen LogP contribution is 2.01. The average Bonchev–Trinajstić information content (AvgIpc) is 2.62. The van der Waals surface area contributed by atoms with Crippen LogP contribution in [0.4, 0.5) is 0 Å². The van der Waals surface area contributed by atoms with E-state index in [0.29, 0.717) is 0 Å². The van der Waals surface area contributed by atoms with E-state index >= 15 is 0 Å². The lowest BCUT2D eigenvalue weighted by Gasteiger charge is -2.01. The Morgan fingerprint density at radius 1 is 1.44 bits per heavy atom. The zero-order chi connectivity index (χ0) is 11.8. The minimum absolute atomic E-state index is 0.799. The van der Waals surface area contributed by atoms with E-state index < -0.39 is 0 Å². The summed E-state index contributed by atoms with van der Waals surface area (Å²) in [4.78, 5) is 0. The molecule has 0 aliphatic rings. The van der Waals surface area contributed by atoms with Gasteiger partial charge in [-0.3, -0.25) is 0 Å². The molecule has 0 atom stereocenters. The van der Waals surface area contributed by atoms with Gasteiger partial charge < -0.3 is 4.74 Å². The van der Waals surface area contributed by atoms with E-state index in [0.717, 1.165) is 26.3 Å². The van der Waals surface area contributed by atoms with Crippen molar-refractivity contribution in [1.29, 1.82) is 0 Å². The summed E-state index contributed by atoms with van der Waals surface area (Å²) < 4.78 is 9.94. The first kappa shape index (κ1) is 13.6. The Labute approximate surface area is 103 Å². The van der Waals surface area contributed by atoms with Crippen LogP contribution in [0, 0.1) is 6.92 Å². The fourth-order valence-corrected chi connectivity index (χ4v) is 2.24. The second-order valence-corrected chi connectivity index (χ2v) is 5.02. The standard InChI is InChI=1S/C12H23N2OS/c1-4-15-10-8-13-6-7-14(12(13)3)9-11-16-5-2/h6-7H,4-5,8-11H2,1-3H3/q+1. The smallest absolute Gasteiger partial charge is 0.253 e. The number of ether oxygens (including phenoxy) is 1. The maximum absolute atomic E-state index is 5.37. The van der Waals surface area contributed by atoms with E-state index in [-0.39, 0.29) is 0 Å². The molecule has 4 heteroatoms. The predicted molar refractivity (Wildman–Crippen MR) is 68.9 cm³/mol. The van der Waals surface area contributed by atoms with Crippen LogP contribution < -0.4 is 4.57 Å². The van der Waals surface area contributed by atoms with Crippen molar-refractivity contribution in [2.75, 3.05) is 24.7 Å². The summed E-state index contributed by atoms with van der Waals surface area (Å²) in [5.41, 5.74) is 0. The van der Waals surface area contributed by atoms with Gasteiger partial charge in [0.05, 0.1) is 13.2 Å². The predicted octanol–water partition coefficient (Wildman–Crippen LogP) is 1.87. The van der Waals surface area contributed by atoms with Gasteiger partial charge in [0.1, 0.15) is 18.9 Å². The second-order valence-electron chi connectivity index (χ2n) is 3.63. The number of hydrogen-bond donors (Lipinski definition) is 0. The minimum Gasteiger partial charge on any atom is -0.378 e. The molecule has 0 fully saturated rings. The molecule has 0 aromatic carbocycles. The van der Waals surface area contributed by atoms with Gasteiger partial charge >= 0.3 is 0 Å². The van der Waals surface area contributed by atoms with Crippen molar-refractivity contribution in [3.05, 3.63) is 18.2 Å². The fourth-order valence-electron chi connectivity index (χ4n) is 1.63. The summed E-state index contributed by atoms with van der Waals surface area (Å²) >= 11 is 1.99. The van der Waals surface area contributed by atoms with Crippen molar-refractivity contribution < 1.29 is 9.30 Å². The van der Waals surface area contributed by atoms with Gasteiger partial charge in [-0.1, -0.05) is 6.92 Å². The van der Waals surface area contributed by atoms with Crippen molar-refractivity contribution in [3.63, 3.8) is 0 Å². The summed E-state index contributed by atoms with van der Waals surface area (Å²) in [6.45, 7) is 10.1. The Kier molecular flexibility index (Phi) is 6.57. The zero-order valence-electron chi connectivity index (χ0n) is 10.6. The molecule has 0 saturated carbocycles. The van der Waals surface area contributed by atoms with Crippen LogP contribution >= 0.6 is 11.8 Å². The molecule has 0 amide bonds. The van der Waals surface area contributed by atoms with Crippen molar-refractivity contribution in [1.82, 2.24) is 4.57 Å². The summed E-state index contributed by atoms with van der Waals surface area (Å²) in [5, 5.41) is 0. The molecular weight excluding hydrogens is 220 g/mol. The molecule has 3 nitrogen and oxygen atoms in total. The number of rotatable bonds is 8. The summed E-state index contributed by atoms with van der Waals surface area (Å²) in [7, 11) is 0. The fraction of sp³-hybridized carbons (Fsp3) is 0.750. The Bertz CT molecular complexity index is 272. The van der Waals surface area contributed by atoms with Gasteiger partial charge in [-0.15, -0.1) is 0 Å². The number of nitrogens with zero attached hydrogens (tertiary/aromatic N) is 2. The van der Waals surface area contributed by atoms with Crippen LogP contribution in [0.3, 0.4) is 0 Å². The largest absolute Gasteiger partial charge is 0.378 e. The van der Waals surface area contributed by atoms with Crippen molar-refractivity contribution in [2.45, 2.75) is 33.9 Å². The lowest BCUT2D eigenvalue weighted by atomic mass is 10.5. The number of aromatic nitrogens is 2. The van der Waals surface area contributed by atoms with Gasteiger partial charge in [0.25, 0.3) is 5.82 Å². The minimum atomic E-state index is 0.799. The first-order chi connectivity index (χ1) is 7.79. The summed E-state index contributed by atoms with van der Waals surface area (Å²) in [6.07, 6.45) is 4.31. The maximum atomic E-state index is 5.37. The van der Waals surface area contributed by atoms with E-state index in [9.17, 15) is 0 Å². The van der Waals surface area contributed by atoms with Gasteiger partial charge in [0.15, 0.2) is 0 Å². The lowest BCUT2D eigenvalue weighted by Crippen LogP contribution is -2.37. The van der Waals surface area contributed by atoms with Crippen LogP contribution in [0.1, 0.15) is 19.7 Å². The zero-order valence-corrected chi connectivity index (χ0v) is 11.4. The number of thioether (sulfide) groups is 1. The quantitative estimate of drug-likeness (QED) is 0.512. The Morgan fingerprint density at radius 3 is 2.94 bits per heavy atom. The topological polar surface area (TPSA) is 18.0 Å². The molecule has 1 aromatic rings. The van der Waals surface area contributed by atoms with Crippen LogP contribution in [0.5, 0.6) is 0 Å². The normalized spacial score (nSPS) is 10.9. The third-order valence-corrected chi connectivity index (χ3v) is 3.50. The first-order valence-electron chi connectivity index (χ1n) is 6.00. The van der Waals surface area contributed by atoms with Gasteiger partial charge in [-0.25, -0.2) is 9.13 Å². The lowest BCUT2D eigenvalue weighted by molar-refractivity contribution is -0.703. The number of hydrogen-bond acceptors (Lipinski definition) is 2. The molecule has 0 saturated heterocycles. The van der Waals surface area contributed by atoms with Gasteiger partial charge in [0, 0.05) is 19.3 Å². The van der Waals surface area contributed by atoms with Crippen LogP contribution in [0.2, 0.25) is 0 Å². The summed E-state index contributed by atoms with van der Waals surface area (Å²) in [6, 6.07) is 0. The van der Waals surface area contributed by atoms with Crippen LogP contribution in [-0.4, -0.2) is 29.3 Å². The Hall–Kier alpha value is -0.480. The monoisotopic (exact) mass is 243 g/mol. The van der Waals surface area contributed by atoms with Gasteiger partial charge in [-0.2, -0.15) is 11.8 Å². The number of aryl methyl sites for hydroxylation is 1. The molecule has 0 spiro atoms. The van der Waals surface area contributed by atoms with Gasteiger partial charge in [-0.05, 0) is 12.7 Å². The van der Waals surface area contributed by atoms with Crippen LogP contribution in [0.15, 0.2) is 12.4 Å². The Balaban J connectivity index is 2.41. The number of imidazole rings is 1. The highest BCUT2D eigenvalue weighted by Gasteiger charge is 2.10. The van der Waals surface area contributed by atoms with E-state index in [2.05, 4.69) is 35.4 Å². The third-order valence-electron chi connectivity index (χ3n) is 2.62. The Morgan fingerprint density at radius 2 is 2.25 bits per heavy atom. The average molecular weight is 243 g/mol. The second kappa shape index (κ2) is 7.74. The third kappa shape index (κ3) is 4.18. The molecule has 0 unspecified atom stereocenters. The van der Waals surface area contributed by atoms with Crippen molar-refractivity contribution in [2.24, 2.45) is 0 Å². The molecule has 0 aliphatic carbocycles. The SMILES string of the molecule is CCOCC[n+]1ccn(CCSCC)c1C. The van der Waals surface area contributed by atoms with E-state index in [1.807, 2.05) is 18.7 Å². The van der Waals surface area contributed by atoms with Crippen LogP contribution in [0.25, 0.3) is 0 Å². The molecule has 92 valence electrons. The molecule has 0 radical (unpaired) electrons. The molecular formula is C12H23N2OS+. The highest BCUT2D eigenvalue weighted by molar-refractivity contribution is 7.99. The van der Waals surface area contributed by atoms with E-state index in [1.165, 1.54) is 17.3 Å². The van der Waals surface area contributed by atoms with Crippen molar-refractivity contribution in [3.8, 4) is 0 Å². The van der Waals surface area contributed by atoms with Crippen molar-refractivity contribution >= 4 is 11.8 Å². The first-order valence-corrected chi connectivity index (χ1v) is 7.15. The molecule has 0 N–H and O–H groups in total. The molecule has 1 heterocycles. The molecule has 1 aromatic heterocycles. The molecule has 0 aliphatic heterocycles. The van der Waals surface area contributed by atoms with Crippen LogP contribution in [-0.2, 0) is 17.8 Å². The maximum Gasteiger partial charge on any atom is 0.253 e. The summed E-state index contributed by atoms with van der Waals surface area (Å²) in [5.74, 6) is 3.71. The van der Waals surface area contributed by atoms with Gasteiger partial charge in [0.2, 0.25) is 0 Å². The van der Waals surface area contributed by atoms with E-state index in [1.54, 1.807) is 0 Å². The highest BCUT2D eigenvalue weighted by atomic mass is 32.2.